The summed E-state index contributed by atoms with van der Waals surface area (Å²) in [5.41, 5.74) is 3.58. The molecule has 36 heavy (non-hydrogen) atoms. The molecule has 0 spiro atoms. The summed E-state index contributed by atoms with van der Waals surface area (Å²) in [6, 6.07) is 16.3. The Morgan fingerprint density at radius 2 is 1.86 bits per heavy atom. The largest absolute Gasteiger partial charge is 0.496 e. The summed E-state index contributed by atoms with van der Waals surface area (Å²) in [5, 5.41) is 8.95. The van der Waals surface area contributed by atoms with Gasteiger partial charge in [-0.1, -0.05) is 23.5 Å². The Balaban J connectivity index is 1.51. The Hall–Kier alpha value is -4.09. The number of hydrogen-bond donors (Lipinski definition) is 1. The number of rotatable bonds is 7. The number of nitrogens with zero attached hydrogens (tertiary/aromatic N) is 3. The summed E-state index contributed by atoms with van der Waals surface area (Å²) < 4.78 is 53.5. The van der Waals surface area contributed by atoms with Crippen molar-refractivity contribution in [3.8, 4) is 28.5 Å². The second-order valence-electron chi connectivity index (χ2n) is 7.79. The van der Waals surface area contributed by atoms with Crippen molar-refractivity contribution < 1.29 is 22.3 Å². The zero-order valence-electron chi connectivity index (χ0n) is 19.1. The molecule has 182 valence electrons. The Bertz CT molecular complexity index is 1680. The van der Waals surface area contributed by atoms with Gasteiger partial charge in [-0.15, -0.1) is 10.2 Å². The van der Waals surface area contributed by atoms with Gasteiger partial charge in [0.15, 0.2) is 11.6 Å². The molecule has 0 bridgehead atoms. The lowest BCUT2D eigenvalue weighted by atomic mass is 10.0. The quantitative estimate of drug-likeness (QED) is 0.288. The molecule has 0 radical (unpaired) electrons. The first kappa shape index (κ1) is 23.6. The van der Waals surface area contributed by atoms with Crippen LogP contribution in [0.1, 0.15) is 5.56 Å². The third-order valence-electron chi connectivity index (χ3n) is 5.37. The minimum absolute atomic E-state index is 0.0817. The minimum Gasteiger partial charge on any atom is -0.496 e. The van der Waals surface area contributed by atoms with E-state index >= 15 is 0 Å². The fourth-order valence-electron chi connectivity index (χ4n) is 3.68. The van der Waals surface area contributed by atoms with Gasteiger partial charge in [-0.25, -0.2) is 12.8 Å². The maximum atomic E-state index is 14.2. The molecule has 2 aromatic heterocycles. The first-order valence-electron chi connectivity index (χ1n) is 10.6. The fourth-order valence-corrected chi connectivity index (χ4v) is 5.40. The van der Waals surface area contributed by atoms with Crippen LogP contribution in [0.4, 0.5) is 9.52 Å². The van der Waals surface area contributed by atoms with E-state index in [-0.39, 0.29) is 15.8 Å². The number of methoxy groups -OCH3 is 1. The van der Waals surface area contributed by atoms with Crippen molar-refractivity contribution >= 4 is 37.3 Å². The van der Waals surface area contributed by atoms with Crippen LogP contribution in [0.3, 0.4) is 0 Å². The number of halogens is 1. The first-order valence-corrected chi connectivity index (χ1v) is 13.0. The number of nitrogens with one attached hydrogen (secondary N) is 1. The van der Waals surface area contributed by atoms with Gasteiger partial charge < -0.3 is 9.47 Å². The van der Waals surface area contributed by atoms with E-state index in [2.05, 4.69) is 19.9 Å². The second kappa shape index (κ2) is 9.51. The molecule has 0 saturated carbocycles. The van der Waals surface area contributed by atoms with E-state index in [1.807, 2.05) is 6.92 Å². The van der Waals surface area contributed by atoms with Crippen molar-refractivity contribution in [2.45, 2.75) is 11.8 Å². The third-order valence-corrected chi connectivity index (χ3v) is 7.44. The van der Waals surface area contributed by atoms with Gasteiger partial charge in [0.1, 0.15) is 17.0 Å². The molecule has 5 aromatic rings. The van der Waals surface area contributed by atoms with Crippen LogP contribution in [-0.2, 0) is 10.0 Å². The van der Waals surface area contributed by atoms with Crippen molar-refractivity contribution in [1.29, 1.82) is 0 Å². The Labute approximate surface area is 210 Å². The molecular weight excluding hydrogens is 503 g/mol. The van der Waals surface area contributed by atoms with E-state index in [9.17, 15) is 12.8 Å². The summed E-state index contributed by atoms with van der Waals surface area (Å²) in [6.45, 7) is 1.85. The Morgan fingerprint density at radius 3 is 2.64 bits per heavy atom. The molecule has 0 aliphatic rings. The van der Waals surface area contributed by atoms with Crippen LogP contribution in [0, 0.1) is 12.7 Å². The average molecular weight is 523 g/mol. The summed E-state index contributed by atoms with van der Waals surface area (Å²) in [5.74, 6) is 0.515. The molecule has 0 aliphatic heterocycles. The van der Waals surface area contributed by atoms with Gasteiger partial charge in [0.25, 0.3) is 10.0 Å². The highest BCUT2D eigenvalue weighted by molar-refractivity contribution is 7.93. The van der Waals surface area contributed by atoms with Gasteiger partial charge >= 0.3 is 0 Å². The number of aromatic nitrogens is 3. The van der Waals surface area contributed by atoms with Crippen molar-refractivity contribution in [3.63, 3.8) is 0 Å². The van der Waals surface area contributed by atoms with Gasteiger partial charge in [-0.2, -0.15) is 0 Å². The van der Waals surface area contributed by atoms with Crippen LogP contribution in [-0.4, -0.2) is 30.7 Å². The molecule has 0 saturated heterocycles. The topological polar surface area (TPSA) is 103 Å². The Kier molecular flexibility index (Phi) is 6.25. The number of sulfonamides is 1. The monoisotopic (exact) mass is 522 g/mol. The minimum atomic E-state index is -3.84. The fraction of sp³-hybridized carbons (Fsp3) is 0.0800. The van der Waals surface area contributed by atoms with Gasteiger partial charge in [0, 0.05) is 23.2 Å². The maximum Gasteiger partial charge on any atom is 0.263 e. The Morgan fingerprint density at radius 1 is 1.00 bits per heavy atom. The molecule has 5 rings (SSSR count). The zero-order valence-corrected chi connectivity index (χ0v) is 20.7. The molecule has 0 aliphatic carbocycles. The SMILES string of the molecule is COc1cc(Oc2cc(C)ccc2F)ccc1-c1nccc2cc(S(=O)(=O)Nc3nncs3)ccc12. The van der Waals surface area contributed by atoms with Crippen LogP contribution in [0.15, 0.2) is 77.3 Å². The van der Waals surface area contributed by atoms with E-state index in [4.69, 9.17) is 9.47 Å². The highest BCUT2D eigenvalue weighted by atomic mass is 32.2. The van der Waals surface area contributed by atoms with E-state index in [0.717, 1.165) is 22.3 Å². The molecule has 2 heterocycles. The summed E-state index contributed by atoms with van der Waals surface area (Å²) in [7, 11) is -2.32. The van der Waals surface area contributed by atoms with Gasteiger partial charge in [0.2, 0.25) is 5.13 Å². The number of aryl methyl sites for hydroxylation is 1. The molecule has 1 N–H and O–H groups in total. The van der Waals surface area contributed by atoms with E-state index in [1.165, 1.54) is 24.8 Å². The van der Waals surface area contributed by atoms with Crippen LogP contribution in [0.25, 0.3) is 22.0 Å². The van der Waals surface area contributed by atoms with Crippen LogP contribution in [0.2, 0.25) is 0 Å². The van der Waals surface area contributed by atoms with Crippen LogP contribution in [0.5, 0.6) is 17.2 Å². The second-order valence-corrected chi connectivity index (χ2v) is 10.3. The lowest BCUT2D eigenvalue weighted by Gasteiger charge is -2.14. The van der Waals surface area contributed by atoms with Crippen molar-refractivity contribution in [1.82, 2.24) is 15.2 Å². The maximum absolute atomic E-state index is 14.2. The number of benzene rings is 3. The number of pyridine rings is 1. The smallest absolute Gasteiger partial charge is 0.263 e. The normalized spacial score (nSPS) is 11.4. The predicted molar refractivity (Wildman–Crippen MR) is 136 cm³/mol. The number of hydrogen-bond acceptors (Lipinski definition) is 8. The summed E-state index contributed by atoms with van der Waals surface area (Å²) in [6.07, 6.45) is 1.60. The first-order chi connectivity index (χ1) is 17.3. The number of ether oxygens (including phenoxy) is 2. The molecule has 0 unspecified atom stereocenters. The number of anilines is 1. The molecule has 11 heteroatoms. The van der Waals surface area contributed by atoms with E-state index in [1.54, 1.807) is 54.7 Å². The zero-order chi connectivity index (χ0) is 25.3. The third kappa shape index (κ3) is 4.70. The van der Waals surface area contributed by atoms with E-state index < -0.39 is 15.8 Å². The lowest BCUT2D eigenvalue weighted by Crippen LogP contribution is -2.12. The van der Waals surface area contributed by atoms with E-state index in [0.29, 0.717) is 28.1 Å². The highest BCUT2D eigenvalue weighted by Gasteiger charge is 2.19. The molecule has 0 fully saturated rings. The lowest BCUT2D eigenvalue weighted by molar-refractivity contribution is 0.406. The molecular formula is C25H19FN4O4S2. The molecule has 8 nitrogen and oxygen atoms in total. The molecule has 0 atom stereocenters. The standard InChI is InChI=1S/C25H19FN4O4S2/c1-15-3-8-21(26)23(11-15)34-17-4-6-20(22(13-17)33-2)24-19-7-5-18(12-16(19)9-10-27-24)36(31,32)30-25-29-28-14-35-25/h3-14H,1-2H3,(H,29,30). The van der Waals surface area contributed by atoms with Gasteiger partial charge in [-0.05, 0) is 60.3 Å². The van der Waals surface area contributed by atoms with Crippen LogP contribution < -0.4 is 14.2 Å². The van der Waals surface area contributed by atoms with Gasteiger partial charge in [-0.3, -0.25) is 9.71 Å². The van der Waals surface area contributed by atoms with Crippen molar-refractivity contribution in [2.75, 3.05) is 11.8 Å². The van der Waals surface area contributed by atoms with Crippen molar-refractivity contribution in [3.05, 3.63) is 83.8 Å². The van der Waals surface area contributed by atoms with Crippen molar-refractivity contribution in [2.24, 2.45) is 0 Å². The summed E-state index contributed by atoms with van der Waals surface area (Å²) in [4.78, 5) is 4.60. The molecule has 3 aromatic carbocycles. The predicted octanol–water partition coefficient (Wildman–Crippen LogP) is 5.80. The highest BCUT2D eigenvalue weighted by Crippen LogP contribution is 2.38. The summed E-state index contributed by atoms with van der Waals surface area (Å²) >= 11 is 1.09. The average Bonchev–Trinajstić information content (AvgIpc) is 3.38. The van der Waals surface area contributed by atoms with Gasteiger partial charge in [0.05, 0.1) is 17.7 Å². The molecule has 0 amide bonds. The van der Waals surface area contributed by atoms with Crippen LogP contribution >= 0.6 is 11.3 Å². The number of fused-ring (bicyclic) bond motifs is 1.